The molecule has 3 nitrogen and oxygen atoms in total. The lowest BCUT2D eigenvalue weighted by Crippen LogP contribution is -2.48. The topological polar surface area (TPSA) is 46.2 Å². The lowest BCUT2D eigenvalue weighted by molar-refractivity contribution is 0.295. The molecule has 0 aromatic heterocycles. The van der Waals surface area contributed by atoms with Gasteiger partial charge in [-0.3, -0.25) is 0 Å². The SMILES string of the molecule is CCC1CCC(NC)C(S(=O)(=O)C(C)C)C1. The van der Waals surface area contributed by atoms with Gasteiger partial charge in [-0.1, -0.05) is 13.3 Å². The summed E-state index contributed by atoms with van der Waals surface area (Å²) in [5.74, 6) is 0.586. The van der Waals surface area contributed by atoms with Gasteiger partial charge in [0, 0.05) is 6.04 Å². The van der Waals surface area contributed by atoms with Gasteiger partial charge in [0.15, 0.2) is 9.84 Å². The summed E-state index contributed by atoms with van der Waals surface area (Å²) in [6, 6.07) is 0.148. The molecule has 1 N–H and O–H groups in total. The summed E-state index contributed by atoms with van der Waals surface area (Å²) < 4.78 is 24.6. The van der Waals surface area contributed by atoms with Crippen molar-refractivity contribution >= 4 is 9.84 Å². The van der Waals surface area contributed by atoms with E-state index >= 15 is 0 Å². The first-order chi connectivity index (χ1) is 7.43. The fourth-order valence-electron chi connectivity index (χ4n) is 2.63. The number of sulfone groups is 1. The van der Waals surface area contributed by atoms with E-state index in [-0.39, 0.29) is 16.5 Å². The molecule has 3 unspecified atom stereocenters. The minimum Gasteiger partial charge on any atom is -0.316 e. The van der Waals surface area contributed by atoms with E-state index in [4.69, 9.17) is 0 Å². The molecule has 96 valence electrons. The Balaban J connectivity index is 2.88. The third-order valence-electron chi connectivity index (χ3n) is 3.93. The maximum absolute atomic E-state index is 12.3. The van der Waals surface area contributed by atoms with E-state index < -0.39 is 9.84 Å². The second-order valence-corrected chi connectivity index (χ2v) is 7.89. The molecule has 0 bridgehead atoms. The van der Waals surface area contributed by atoms with Gasteiger partial charge in [0.1, 0.15) is 0 Å². The molecule has 0 radical (unpaired) electrons. The van der Waals surface area contributed by atoms with Crippen LogP contribution in [0, 0.1) is 5.92 Å². The van der Waals surface area contributed by atoms with Gasteiger partial charge in [-0.25, -0.2) is 8.42 Å². The Morgan fingerprint density at radius 3 is 2.38 bits per heavy atom. The maximum atomic E-state index is 12.3. The molecule has 1 aliphatic carbocycles. The van der Waals surface area contributed by atoms with E-state index in [9.17, 15) is 8.42 Å². The number of hydrogen-bond donors (Lipinski definition) is 1. The van der Waals surface area contributed by atoms with Crippen LogP contribution in [-0.2, 0) is 9.84 Å². The monoisotopic (exact) mass is 247 g/mol. The van der Waals surface area contributed by atoms with Crippen LogP contribution in [0.5, 0.6) is 0 Å². The molecule has 1 aliphatic rings. The van der Waals surface area contributed by atoms with Crippen LogP contribution < -0.4 is 5.32 Å². The predicted molar refractivity (Wildman–Crippen MR) is 68.3 cm³/mol. The second-order valence-electron chi connectivity index (χ2n) is 5.16. The van der Waals surface area contributed by atoms with Crippen LogP contribution in [0.2, 0.25) is 0 Å². The van der Waals surface area contributed by atoms with Crippen LogP contribution in [0.15, 0.2) is 0 Å². The van der Waals surface area contributed by atoms with Crippen molar-refractivity contribution in [2.24, 2.45) is 5.92 Å². The van der Waals surface area contributed by atoms with Crippen molar-refractivity contribution in [1.82, 2.24) is 5.32 Å². The Morgan fingerprint density at radius 2 is 1.94 bits per heavy atom. The first-order valence-electron chi connectivity index (χ1n) is 6.33. The van der Waals surface area contributed by atoms with E-state index in [1.54, 1.807) is 13.8 Å². The average molecular weight is 247 g/mol. The molecule has 16 heavy (non-hydrogen) atoms. The van der Waals surface area contributed by atoms with Crippen molar-refractivity contribution in [3.05, 3.63) is 0 Å². The highest BCUT2D eigenvalue weighted by atomic mass is 32.2. The minimum absolute atomic E-state index is 0.148. The molecular formula is C12H25NO2S. The van der Waals surface area contributed by atoms with Crippen molar-refractivity contribution in [3.8, 4) is 0 Å². The van der Waals surface area contributed by atoms with Crippen LogP contribution in [-0.4, -0.2) is 32.0 Å². The number of rotatable bonds is 4. The van der Waals surface area contributed by atoms with Crippen molar-refractivity contribution in [3.63, 3.8) is 0 Å². The average Bonchev–Trinajstić information content (AvgIpc) is 2.27. The third-order valence-corrected chi connectivity index (χ3v) is 6.61. The Morgan fingerprint density at radius 1 is 1.31 bits per heavy atom. The lowest BCUT2D eigenvalue weighted by atomic mass is 9.84. The summed E-state index contributed by atoms with van der Waals surface area (Å²) in [7, 11) is -1.09. The van der Waals surface area contributed by atoms with E-state index in [1.165, 1.54) is 0 Å². The van der Waals surface area contributed by atoms with Crippen molar-refractivity contribution in [2.45, 2.75) is 63.0 Å². The van der Waals surface area contributed by atoms with E-state index in [0.29, 0.717) is 5.92 Å². The molecule has 0 spiro atoms. The van der Waals surface area contributed by atoms with Gasteiger partial charge in [-0.15, -0.1) is 0 Å². The smallest absolute Gasteiger partial charge is 0.157 e. The molecule has 1 rings (SSSR count). The standard InChI is InChI=1S/C12H25NO2S/c1-5-10-6-7-11(13-4)12(8-10)16(14,15)9(2)3/h9-13H,5-8H2,1-4H3. The van der Waals surface area contributed by atoms with Crippen LogP contribution >= 0.6 is 0 Å². The van der Waals surface area contributed by atoms with E-state index in [1.807, 2.05) is 7.05 Å². The summed E-state index contributed by atoms with van der Waals surface area (Å²) in [6.07, 6.45) is 4.08. The first kappa shape index (κ1) is 14.0. The number of hydrogen-bond acceptors (Lipinski definition) is 3. The van der Waals surface area contributed by atoms with Gasteiger partial charge in [-0.05, 0) is 46.1 Å². The number of nitrogens with one attached hydrogen (secondary N) is 1. The van der Waals surface area contributed by atoms with Crippen molar-refractivity contribution in [1.29, 1.82) is 0 Å². The predicted octanol–water partition coefficient (Wildman–Crippen LogP) is 1.98. The fraction of sp³-hybridized carbons (Fsp3) is 1.00. The highest BCUT2D eigenvalue weighted by Crippen LogP contribution is 2.32. The molecule has 0 aromatic rings. The Bertz CT molecular complexity index is 311. The van der Waals surface area contributed by atoms with Gasteiger partial charge in [0.2, 0.25) is 0 Å². The van der Waals surface area contributed by atoms with Gasteiger partial charge in [0.05, 0.1) is 10.5 Å². The zero-order valence-corrected chi connectivity index (χ0v) is 11.7. The Labute approximate surface area is 99.9 Å². The van der Waals surface area contributed by atoms with E-state index in [0.717, 1.165) is 25.7 Å². The summed E-state index contributed by atoms with van der Waals surface area (Å²) in [5.41, 5.74) is 0. The van der Waals surface area contributed by atoms with Crippen molar-refractivity contribution < 1.29 is 8.42 Å². The maximum Gasteiger partial charge on any atom is 0.157 e. The zero-order chi connectivity index (χ0) is 12.3. The summed E-state index contributed by atoms with van der Waals surface area (Å²) in [5, 5.41) is 2.74. The van der Waals surface area contributed by atoms with E-state index in [2.05, 4.69) is 12.2 Å². The second kappa shape index (κ2) is 5.50. The molecule has 0 amide bonds. The van der Waals surface area contributed by atoms with Gasteiger partial charge >= 0.3 is 0 Å². The van der Waals surface area contributed by atoms with Crippen LogP contribution in [0.3, 0.4) is 0 Å². The van der Waals surface area contributed by atoms with Gasteiger partial charge in [0.25, 0.3) is 0 Å². The molecule has 1 saturated carbocycles. The highest BCUT2D eigenvalue weighted by Gasteiger charge is 2.39. The molecule has 0 saturated heterocycles. The quantitative estimate of drug-likeness (QED) is 0.826. The normalized spacial score (nSPS) is 31.9. The summed E-state index contributed by atoms with van der Waals surface area (Å²) >= 11 is 0. The minimum atomic E-state index is -2.97. The zero-order valence-electron chi connectivity index (χ0n) is 10.9. The Hall–Kier alpha value is -0.0900. The fourth-order valence-corrected chi connectivity index (χ4v) is 4.60. The molecule has 4 heteroatoms. The van der Waals surface area contributed by atoms with Crippen LogP contribution in [0.25, 0.3) is 0 Å². The molecular weight excluding hydrogens is 222 g/mol. The summed E-state index contributed by atoms with van der Waals surface area (Å²) in [4.78, 5) is 0. The highest BCUT2D eigenvalue weighted by molar-refractivity contribution is 7.92. The van der Waals surface area contributed by atoms with Crippen LogP contribution in [0.1, 0.15) is 46.5 Å². The molecule has 0 aliphatic heterocycles. The lowest BCUT2D eigenvalue weighted by Gasteiger charge is -2.36. The summed E-state index contributed by atoms with van der Waals surface area (Å²) in [6.45, 7) is 5.73. The van der Waals surface area contributed by atoms with Gasteiger partial charge in [-0.2, -0.15) is 0 Å². The first-order valence-corrected chi connectivity index (χ1v) is 7.94. The van der Waals surface area contributed by atoms with Crippen LogP contribution in [0.4, 0.5) is 0 Å². The van der Waals surface area contributed by atoms with Crippen molar-refractivity contribution in [2.75, 3.05) is 7.05 Å². The van der Waals surface area contributed by atoms with Gasteiger partial charge < -0.3 is 5.32 Å². The molecule has 3 atom stereocenters. The molecule has 1 fully saturated rings. The molecule has 0 heterocycles. The molecule has 0 aromatic carbocycles. The Kier molecular flexibility index (Phi) is 4.80. The largest absolute Gasteiger partial charge is 0.316 e. The third kappa shape index (κ3) is 2.77.